The number of nitrogens with one attached hydrogen (secondary N) is 1. The van der Waals surface area contributed by atoms with Crippen LogP contribution in [0.3, 0.4) is 0 Å². The smallest absolute Gasteiger partial charge is 0.224 e. The topological polar surface area (TPSA) is 63.8 Å². The van der Waals surface area contributed by atoms with Gasteiger partial charge in [0, 0.05) is 6.07 Å². The molecule has 0 fully saturated rings. The minimum absolute atomic E-state index is 0.139. The van der Waals surface area contributed by atoms with E-state index < -0.39 is 0 Å². The molecule has 84 valence electrons. The largest absolute Gasteiger partial charge is 0.361 e. The third-order valence-corrected chi connectivity index (χ3v) is 2.28. The van der Waals surface area contributed by atoms with E-state index in [2.05, 4.69) is 20.4 Å². The number of hydrogen-bond acceptors (Lipinski definition) is 5. The van der Waals surface area contributed by atoms with Crippen molar-refractivity contribution in [1.82, 2.24) is 15.1 Å². The third-order valence-electron chi connectivity index (χ3n) is 1.82. The molecule has 0 amide bonds. The predicted molar refractivity (Wildman–Crippen MR) is 60.6 cm³/mol. The number of anilines is 1. The Bertz CT molecular complexity index is 500. The highest BCUT2D eigenvalue weighted by atomic mass is 35.5. The second-order valence-corrected chi connectivity index (χ2v) is 3.87. The van der Waals surface area contributed by atoms with Gasteiger partial charge in [0.15, 0.2) is 5.76 Å². The Morgan fingerprint density at radius 3 is 2.94 bits per heavy atom. The van der Waals surface area contributed by atoms with Gasteiger partial charge in [-0.3, -0.25) is 0 Å². The molecule has 0 radical (unpaired) electrons. The van der Waals surface area contributed by atoms with Gasteiger partial charge in [0.05, 0.1) is 18.4 Å². The molecule has 0 aromatic carbocycles. The SMILES string of the molecule is Cc1cc(CNc2nc(Cl)ncc2Cl)on1. The summed E-state index contributed by atoms with van der Waals surface area (Å²) in [5.41, 5.74) is 0.823. The van der Waals surface area contributed by atoms with E-state index in [1.165, 1.54) is 6.20 Å². The van der Waals surface area contributed by atoms with Gasteiger partial charge in [-0.05, 0) is 18.5 Å². The van der Waals surface area contributed by atoms with Crippen molar-refractivity contribution in [2.45, 2.75) is 13.5 Å². The van der Waals surface area contributed by atoms with E-state index in [-0.39, 0.29) is 5.28 Å². The highest BCUT2D eigenvalue weighted by Crippen LogP contribution is 2.20. The van der Waals surface area contributed by atoms with E-state index in [0.717, 1.165) is 5.69 Å². The summed E-state index contributed by atoms with van der Waals surface area (Å²) >= 11 is 11.5. The number of rotatable bonds is 3. The fraction of sp³-hybridized carbons (Fsp3) is 0.222. The second-order valence-electron chi connectivity index (χ2n) is 3.12. The fourth-order valence-electron chi connectivity index (χ4n) is 1.14. The monoisotopic (exact) mass is 258 g/mol. The summed E-state index contributed by atoms with van der Waals surface area (Å²) in [4.78, 5) is 7.69. The summed E-state index contributed by atoms with van der Waals surface area (Å²) in [7, 11) is 0. The van der Waals surface area contributed by atoms with Crippen molar-refractivity contribution >= 4 is 29.0 Å². The second kappa shape index (κ2) is 4.67. The molecule has 2 heterocycles. The third kappa shape index (κ3) is 2.62. The first-order chi connectivity index (χ1) is 7.65. The van der Waals surface area contributed by atoms with Gasteiger partial charge in [0.1, 0.15) is 10.8 Å². The molecule has 0 aliphatic carbocycles. The number of aromatic nitrogens is 3. The average Bonchev–Trinajstić information content (AvgIpc) is 2.66. The highest BCUT2D eigenvalue weighted by molar-refractivity contribution is 6.33. The molecule has 0 atom stereocenters. The molecule has 2 rings (SSSR count). The molecule has 5 nitrogen and oxygen atoms in total. The standard InChI is InChI=1S/C9H8Cl2N4O/c1-5-2-6(16-15-5)3-12-8-7(10)4-13-9(11)14-8/h2,4H,3H2,1H3,(H,12,13,14). The first-order valence-electron chi connectivity index (χ1n) is 4.49. The molecular formula is C9H8Cl2N4O. The summed E-state index contributed by atoms with van der Waals surface area (Å²) in [5, 5.41) is 7.29. The number of halogens is 2. The maximum Gasteiger partial charge on any atom is 0.224 e. The molecule has 0 unspecified atom stereocenters. The molecule has 16 heavy (non-hydrogen) atoms. The lowest BCUT2D eigenvalue weighted by Gasteiger charge is -2.04. The molecular weight excluding hydrogens is 251 g/mol. The molecule has 0 bridgehead atoms. The van der Waals surface area contributed by atoms with Crippen LogP contribution in [0.4, 0.5) is 5.82 Å². The highest BCUT2D eigenvalue weighted by Gasteiger charge is 2.05. The van der Waals surface area contributed by atoms with Crippen LogP contribution in [0.1, 0.15) is 11.5 Å². The summed E-state index contributed by atoms with van der Waals surface area (Å²) < 4.78 is 5.02. The van der Waals surface area contributed by atoms with Crippen molar-refractivity contribution in [2.24, 2.45) is 0 Å². The predicted octanol–water partition coefficient (Wildman–Crippen LogP) is 2.69. The quantitative estimate of drug-likeness (QED) is 0.858. The number of hydrogen-bond donors (Lipinski definition) is 1. The first-order valence-corrected chi connectivity index (χ1v) is 5.25. The van der Waals surface area contributed by atoms with E-state index in [4.69, 9.17) is 27.7 Å². The summed E-state index contributed by atoms with van der Waals surface area (Å²) in [6.45, 7) is 2.29. The van der Waals surface area contributed by atoms with Crippen molar-refractivity contribution in [2.75, 3.05) is 5.32 Å². The van der Waals surface area contributed by atoms with Crippen LogP contribution >= 0.6 is 23.2 Å². The number of nitrogens with zero attached hydrogens (tertiary/aromatic N) is 3. The minimum atomic E-state index is 0.139. The van der Waals surface area contributed by atoms with Crippen LogP contribution in [-0.2, 0) is 6.54 Å². The lowest BCUT2D eigenvalue weighted by Crippen LogP contribution is -2.01. The van der Waals surface area contributed by atoms with Crippen molar-refractivity contribution < 1.29 is 4.52 Å². The summed E-state index contributed by atoms with van der Waals surface area (Å²) in [6, 6.07) is 1.82. The fourth-order valence-corrected chi connectivity index (χ4v) is 1.43. The maximum absolute atomic E-state index is 5.88. The Balaban J connectivity index is 2.07. The zero-order valence-corrected chi connectivity index (χ0v) is 9.88. The van der Waals surface area contributed by atoms with Crippen LogP contribution in [0.15, 0.2) is 16.8 Å². The molecule has 0 aliphatic rings. The Morgan fingerprint density at radius 2 is 2.25 bits per heavy atom. The first kappa shape index (κ1) is 11.2. The van der Waals surface area contributed by atoms with Crippen molar-refractivity contribution in [3.63, 3.8) is 0 Å². The van der Waals surface area contributed by atoms with Crippen LogP contribution in [0, 0.1) is 6.92 Å². The average molecular weight is 259 g/mol. The van der Waals surface area contributed by atoms with Crippen LogP contribution in [0.25, 0.3) is 0 Å². The Labute approximate surface area is 102 Å². The molecule has 2 aromatic rings. The summed E-state index contributed by atoms with van der Waals surface area (Å²) in [6.07, 6.45) is 1.44. The molecule has 0 aliphatic heterocycles. The van der Waals surface area contributed by atoms with Crippen LogP contribution in [-0.4, -0.2) is 15.1 Å². The summed E-state index contributed by atoms with van der Waals surface area (Å²) in [5.74, 6) is 1.17. The van der Waals surface area contributed by atoms with Gasteiger partial charge >= 0.3 is 0 Å². The van der Waals surface area contributed by atoms with Crippen LogP contribution in [0.5, 0.6) is 0 Å². The zero-order chi connectivity index (χ0) is 11.5. The molecule has 0 spiro atoms. The lowest BCUT2D eigenvalue weighted by molar-refractivity contribution is 0.384. The van der Waals surface area contributed by atoms with Crippen molar-refractivity contribution in [1.29, 1.82) is 0 Å². The Morgan fingerprint density at radius 1 is 1.44 bits per heavy atom. The van der Waals surface area contributed by atoms with Gasteiger partial charge in [-0.1, -0.05) is 16.8 Å². The zero-order valence-electron chi connectivity index (χ0n) is 8.37. The van der Waals surface area contributed by atoms with E-state index in [9.17, 15) is 0 Å². The minimum Gasteiger partial charge on any atom is -0.361 e. The molecule has 0 saturated carbocycles. The van der Waals surface area contributed by atoms with Crippen molar-refractivity contribution in [3.8, 4) is 0 Å². The molecule has 0 saturated heterocycles. The van der Waals surface area contributed by atoms with Gasteiger partial charge in [-0.25, -0.2) is 4.98 Å². The number of aryl methyl sites for hydroxylation is 1. The van der Waals surface area contributed by atoms with E-state index in [1.54, 1.807) is 0 Å². The molecule has 7 heteroatoms. The lowest BCUT2D eigenvalue weighted by atomic mass is 10.4. The van der Waals surface area contributed by atoms with Crippen molar-refractivity contribution in [3.05, 3.63) is 34.0 Å². The Hall–Kier alpha value is -1.33. The van der Waals surface area contributed by atoms with Gasteiger partial charge in [-0.15, -0.1) is 0 Å². The van der Waals surface area contributed by atoms with Gasteiger partial charge in [0.2, 0.25) is 5.28 Å². The normalized spacial score (nSPS) is 10.4. The van der Waals surface area contributed by atoms with Crippen LogP contribution in [0.2, 0.25) is 10.3 Å². The Kier molecular flexibility index (Phi) is 3.26. The molecule has 1 N–H and O–H groups in total. The van der Waals surface area contributed by atoms with Gasteiger partial charge < -0.3 is 9.84 Å². The van der Waals surface area contributed by atoms with Gasteiger partial charge in [-0.2, -0.15) is 4.98 Å². The van der Waals surface area contributed by atoms with E-state index in [1.807, 2.05) is 13.0 Å². The van der Waals surface area contributed by atoms with Gasteiger partial charge in [0.25, 0.3) is 0 Å². The maximum atomic E-state index is 5.88. The van der Waals surface area contributed by atoms with Crippen LogP contribution < -0.4 is 5.32 Å². The van der Waals surface area contributed by atoms with E-state index in [0.29, 0.717) is 23.1 Å². The molecule has 2 aromatic heterocycles. The van der Waals surface area contributed by atoms with E-state index >= 15 is 0 Å².